The van der Waals surface area contributed by atoms with E-state index in [2.05, 4.69) is 41.5 Å². The van der Waals surface area contributed by atoms with Crippen LogP contribution in [0.5, 0.6) is 0 Å². The van der Waals surface area contributed by atoms with Crippen molar-refractivity contribution in [1.29, 1.82) is 0 Å². The quantitative estimate of drug-likeness (QED) is 0.560. The molecule has 0 aromatic heterocycles. The molecule has 2 heteroatoms. The third-order valence-electron chi connectivity index (χ3n) is 2.40. The van der Waals surface area contributed by atoms with Crippen LogP contribution in [-0.4, -0.2) is 5.05 Å². The molecule has 80 valence electrons. The van der Waals surface area contributed by atoms with Gasteiger partial charge in [0.15, 0.2) is 5.05 Å². The van der Waals surface area contributed by atoms with Gasteiger partial charge in [-0.05, 0) is 23.2 Å². The van der Waals surface area contributed by atoms with E-state index in [0.29, 0.717) is 0 Å². The molecule has 1 aliphatic heterocycles. The Kier molecular flexibility index (Phi) is 2.79. The molecule has 0 saturated carbocycles. The van der Waals surface area contributed by atoms with Crippen LogP contribution in [-0.2, 0) is 4.74 Å². The number of hydrogen-bond donors (Lipinski definition) is 0. The summed E-state index contributed by atoms with van der Waals surface area (Å²) in [7, 11) is 0. The van der Waals surface area contributed by atoms with Gasteiger partial charge >= 0.3 is 0 Å². The maximum Gasteiger partial charge on any atom is 0.171 e. The lowest BCUT2D eigenvalue weighted by Crippen LogP contribution is -2.16. The van der Waals surface area contributed by atoms with Crippen LogP contribution in [0.2, 0.25) is 0 Å². The second-order valence-electron chi connectivity index (χ2n) is 5.96. The largest absolute Gasteiger partial charge is 0.454 e. The van der Waals surface area contributed by atoms with Crippen LogP contribution in [0.3, 0.4) is 0 Å². The predicted octanol–water partition coefficient (Wildman–Crippen LogP) is 4.08. The van der Waals surface area contributed by atoms with Crippen molar-refractivity contribution in [1.82, 2.24) is 0 Å². The second-order valence-corrected chi connectivity index (χ2v) is 6.41. The Labute approximate surface area is 92.5 Å². The Morgan fingerprint density at radius 3 is 1.79 bits per heavy atom. The van der Waals surface area contributed by atoms with Gasteiger partial charge in [-0.1, -0.05) is 41.5 Å². The predicted molar refractivity (Wildman–Crippen MR) is 64.2 cm³/mol. The molecule has 14 heavy (non-hydrogen) atoms. The van der Waals surface area contributed by atoms with E-state index in [1.807, 2.05) is 0 Å². The lowest BCUT2D eigenvalue weighted by atomic mass is 9.79. The van der Waals surface area contributed by atoms with E-state index in [9.17, 15) is 0 Å². The van der Waals surface area contributed by atoms with E-state index in [1.54, 1.807) is 0 Å². The first-order valence-electron chi connectivity index (χ1n) is 5.07. The molecule has 0 unspecified atom stereocenters. The van der Waals surface area contributed by atoms with Crippen molar-refractivity contribution in [3.05, 3.63) is 11.3 Å². The van der Waals surface area contributed by atoms with E-state index >= 15 is 0 Å². The molecule has 0 aliphatic carbocycles. The average molecular weight is 212 g/mol. The second kappa shape index (κ2) is 3.34. The summed E-state index contributed by atoms with van der Waals surface area (Å²) in [6, 6.07) is 0. The summed E-state index contributed by atoms with van der Waals surface area (Å²) in [6.07, 6.45) is 0.825. The number of thiocarbonyl (C=S) groups is 1. The Morgan fingerprint density at radius 2 is 1.50 bits per heavy atom. The van der Waals surface area contributed by atoms with Gasteiger partial charge < -0.3 is 4.74 Å². The molecule has 0 amide bonds. The zero-order valence-electron chi connectivity index (χ0n) is 10.0. The smallest absolute Gasteiger partial charge is 0.171 e. The maximum atomic E-state index is 5.68. The molecular weight excluding hydrogens is 192 g/mol. The highest BCUT2D eigenvalue weighted by atomic mass is 32.1. The highest BCUT2D eigenvalue weighted by Crippen LogP contribution is 2.43. The average Bonchev–Trinajstić information content (AvgIpc) is 2.27. The summed E-state index contributed by atoms with van der Waals surface area (Å²) in [4.78, 5) is 0. The minimum absolute atomic E-state index is 0.0587. The molecule has 0 aromatic rings. The molecule has 1 aliphatic rings. The third kappa shape index (κ3) is 2.35. The van der Waals surface area contributed by atoms with E-state index in [0.717, 1.165) is 17.2 Å². The van der Waals surface area contributed by atoms with Gasteiger partial charge in [-0.2, -0.15) is 0 Å². The van der Waals surface area contributed by atoms with Crippen LogP contribution in [0.4, 0.5) is 0 Å². The van der Waals surface area contributed by atoms with Gasteiger partial charge in [-0.15, -0.1) is 0 Å². The number of hydrogen-bond acceptors (Lipinski definition) is 2. The van der Waals surface area contributed by atoms with Gasteiger partial charge in [0.1, 0.15) is 5.76 Å². The van der Waals surface area contributed by atoms with Crippen LogP contribution >= 0.6 is 12.2 Å². The molecule has 0 fully saturated rings. The Balaban J connectivity index is 3.14. The molecule has 0 aromatic carbocycles. The van der Waals surface area contributed by atoms with Crippen LogP contribution in [0.25, 0.3) is 0 Å². The first kappa shape index (κ1) is 11.7. The van der Waals surface area contributed by atoms with Gasteiger partial charge in [0.25, 0.3) is 0 Å². The van der Waals surface area contributed by atoms with E-state index < -0.39 is 0 Å². The minimum Gasteiger partial charge on any atom is -0.454 e. The lowest BCUT2D eigenvalue weighted by molar-refractivity contribution is 0.287. The summed E-state index contributed by atoms with van der Waals surface area (Å²) in [6.45, 7) is 13.1. The SMILES string of the molecule is CC(C)(C)C1=C(C(C)(C)C)OC(=S)C1. The number of rotatable bonds is 0. The molecule has 0 spiro atoms. The summed E-state index contributed by atoms with van der Waals surface area (Å²) >= 11 is 5.15. The minimum atomic E-state index is 0.0587. The fraction of sp³-hybridized carbons (Fsp3) is 0.750. The van der Waals surface area contributed by atoms with E-state index in [1.165, 1.54) is 5.57 Å². The summed E-state index contributed by atoms with van der Waals surface area (Å²) in [5.74, 6) is 1.08. The fourth-order valence-electron chi connectivity index (χ4n) is 1.65. The standard InChI is InChI=1S/C12H20OS/c1-11(2,3)8-7-9(14)13-10(8)12(4,5)6/h7H2,1-6H3. The van der Waals surface area contributed by atoms with Gasteiger partial charge in [0.2, 0.25) is 0 Å². The van der Waals surface area contributed by atoms with Crippen LogP contribution in [0.1, 0.15) is 48.0 Å². The van der Waals surface area contributed by atoms with Gasteiger partial charge in [0, 0.05) is 11.8 Å². The number of ether oxygens (including phenoxy) is 1. The first-order chi connectivity index (χ1) is 6.12. The van der Waals surface area contributed by atoms with Crippen molar-refractivity contribution in [2.45, 2.75) is 48.0 Å². The zero-order valence-corrected chi connectivity index (χ0v) is 10.8. The Bertz CT molecular complexity index is 258. The van der Waals surface area contributed by atoms with Crippen molar-refractivity contribution in [2.24, 2.45) is 10.8 Å². The molecule has 1 heterocycles. The third-order valence-corrected chi connectivity index (χ3v) is 2.63. The number of allylic oxidation sites excluding steroid dienone is 1. The molecule has 0 radical (unpaired) electrons. The summed E-state index contributed by atoms with van der Waals surface area (Å²) < 4.78 is 5.68. The van der Waals surface area contributed by atoms with E-state index in [-0.39, 0.29) is 10.8 Å². The maximum absolute atomic E-state index is 5.68. The van der Waals surface area contributed by atoms with Gasteiger partial charge in [0.05, 0.1) is 0 Å². The fourth-order valence-corrected chi connectivity index (χ4v) is 1.88. The van der Waals surface area contributed by atoms with Crippen molar-refractivity contribution in [3.8, 4) is 0 Å². The monoisotopic (exact) mass is 212 g/mol. The molecule has 0 bridgehead atoms. The topological polar surface area (TPSA) is 9.23 Å². The normalized spacial score (nSPS) is 18.9. The summed E-state index contributed by atoms with van der Waals surface area (Å²) in [5.41, 5.74) is 1.57. The van der Waals surface area contributed by atoms with Crippen molar-refractivity contribution >= 4 is 17.3 Å². The van der Waals surface area contributed by atoms with Crippen LogP contribution < -0.4 is 0 Å². The van der Waals surface area contributed by atoms with Crippen molar-refractivity contribution in [2.75, 3.05) is 0 Å². The molecule has 1 rings (SSSR count). The van der Waals surface area contributed by atoms with Gasteiger partial charge in [-0.3, -0.25) is 0 Å². The van der Waals surface area contributed by atoms with Crippen molar-refractivity contribution in [3.63, 3.8) is 0 Å². The van der Waals surface area contributed by atoms with Crippen LogP contribution in [0.15, 0.2) is 11.3 Å². The summed E-state index contributed by atoms with van der Waals surface area (Å²) in [5, 5.41) is 0.722. The Morgan fingerprint density at radius 1 is 1.00 bits per heavy atom. The van der Waals surface area contributed by atoms with Crippen LogP contribution in [0, 0.1) is 10.8 Å². The first-order valence-corrected chi connectivity index (χ1v) is 5.48. The molecule has 0 saturated heterocycles. The molecule has 1 nitrogen and oxygen atoms in total. The highest BCUT2D eigenvalue weighted by Gasteiger charge is 2.35. The highest BCUT2D eigenvalue weighted by molar-refractivity contribution is 7.80. The molecule has 0 N–H and O–H groups in total. The lowest BCUT2D eigenvalue weighted by Gasteiger charge is -2.26. The Hall–Kier alpha value is -0.370. The van der Waals surface area contributed by atoms with Crippen molar-refractivity contribution < 1.29 is 4.74 Å². The zero-order chi connectivity index (χ0) is 11.1. The molecule has 0 atom stereocenters. The van der Waals surface area contributed by atoms with E-state index in [4.69, 9.17) is 17.0 Å². The van der Waals surface area contributed by atoms with Gasteiger partial charge in [-0.25, -0.2) is 0 Å². The molecular formula is C12H20OS.